The SMILES string of the molecule is CN(Cc1cccc(Cl)c1)c1ncnc2ccc(S(C)(=O)=O)cc12. The Morgan fingerprint density at radius 3 is 2.62 bits per heavy atom. The Kier molecular flexibility index (Phi) is 4.43. The van der Waals surface area contributed by atoms with Gasteiger partial charge >= 0.3 is 0 Å². The van der Waals surface area contributed by atoms with Gasteiger partial charge in [-0.3, -0.25) is 0 Å². The smallest absolute Gasteiger partial charge is 0.175 e. The summed E-state index contributed by atoms with van der Waals surface area (Å²) in [6.07, 6.45) is 2.67. The molecule has 0 N–H and O–H groups in total. The zero-order valence-electron chi connectivity index (χ0n) is 13.3. The number of halogens is 1. The van der Waals surface area contributed by atoms with E-state index in [1.807, 2.05) is 36.2 Å². The van der Waals surface area contributed by atoms with Crippen LogP contribution in [0.15, 0.2) is 53.7 Å². The van der Waals surface area contributed by atoms with Gasteiger partial charge in [0.05, 0.1) is 10.4 Å². The third-order valence-electron chi connectivity index (χ3n) is 3.68. The molecule has 0 radical (unpaired) electrons. The van der Waals surface area contributed by atoms with Gasteiger partial charge in [0.1, 0.15) is 12.1 Å². The highest BCUT2D eigenvalue weighted by molar-refractivity contribution is 7.90. The summed E-state index contributed by atoms with van der Waals surface area (Å²) in [4.78, 5) is 10.7. The molecule has 0 spiro atoms. The fourth-order valence-corrected chi connectivity index (χ4v) is 3.40. The molecule has 0 aliphatic heterocycles. The van der Waals surface area contributed by atoms with E-state index in [9.17, 15) is 8.42 Å². The molecule has 0 atom stereocenters. The molecule has 0 aliphatic carbocycles. The molecule has 3 aromatic rings. The molecule has 24 heavy (non-hydrogen) atoms. The van der Waals surface area contributed by atoms with Crippen molar-refractivity contribution < 1.29 is 8.42 Å². The fourth-order valence-electron chi connectivity index (χ4n) is 2.54. The molecule has 5 nitrogen and oxygen atoms in total. The maximum Gasteiger partial charge on any atom is 0.175 e. The van der Waals surface area contributed by atoms with E-state index in [0.717, 1.165) is 5.56 Å². The Morgan fingerprint density at radius 1 is 1.12 bits per heavy atom. The first-order valence-electron chi connectivity index (χ1n) is 7.25. The second kappa shape index (κ2) is 6.37. The maximum absolute atomic E-state index is 11.8. The average Bonchev–Trinajstić information content (AvgIpc) is 2.53. The molecule has 7 heteroatoms. The number of anilines is 1. The molecule has 0 unspecified atom stereocenters. The fraction of sp³-hybridized carbons (Fsp3) is 0.176. The molecule has 0 amide bonds. The van der Waals surface area contributed by atoms with E-state index in [2.05, 4.69) is 9.97 Å². The van der Waals surface area contributed by atoms with E-state index in [4.69, 9.17) is 11.6 Å². The van der Waals surface area contributed by atoms with Crippen molar-refractivity contribution in [2.24, 2.45) is 0 Å². The first-order valence-corrected chi connectivity index (χ1v) is 9.52. The molecule has 3 rings (SSSR count). The van der Waals surface area contributed by atoms with E-state index in [1.165, 1.54) is 12.6 Å². The van der Waals surface area contributed by atoms with Crippen molar-refractivity contribution in [1.29, 1.82) is 0 Å². The number of aromatic nitrogens is 2. The summed E-state index contributed by atoms with van der Waals surface area (Å²) in [5.41, 5.74) is 1.74. The van der Waals surface area contributed by atoms with Crippen molar-refractivity contribution in [1.82, 2.24) is 9.97 Å². The second-order valence-electron chi connectivity index (χ2n) is 5.63. The van der Waals surface area contributed by atoms with Gasteiger partial charge in [0.25, 0.3) is 0 Å². The number of hydrogen-bond acceptors (Lipinski definition) is 5. The van der Waals surface area contributed by atoms with E-state index in [1.54, 1.807) is 18.2 Å². The van der Waals surface area contributed by atoms with Crippen LogP contribution in [0, 0.1) is 0 Å². The lowest BCUT2D eigenvalue weighted by Crippen LogP contribution is -2.18. The summed E-state index contributed by atoms with van der Waals surface area (Å²) in [5.74, 6) is 0.672. The summed E-state index contributed by atoms with van der Waals surface area (Å²) in [6, 6.07) is 12.5. The Balaban J connectivity index is 2.04. The predicted molar refractivity (Wildman–Crippen MR) is 96.2 cm³/mol. The maximum atomic E-state index is 11.8. The standard InChI is InChI=1S/C17H16ClN3O2S/c1-21(10-12-4-3-5-13(18)8-12)17-15-9-14(24(2,22)23)6-7-16(15)19-11-20-17/h3-9,11H,10H2,1-2H3. The number of fused-ring (bicyclic) bond motifs is 1. The highest BCUT2D eigenvalue weighted by atomic mass is 35.5. The zero-order valence-corrected chi connectivity index (χ0v) is 14.8. The monoisotopic (exact) mass is 361 g/mol. The molecule has 0 bridgehead atoms. The van der Waals surface area contributed by atoms with Crippen LogP contribution in [0.2, 0.25) is 5.02 Å². The van der Waals surface area contributed by atoms with Crippen LogP contribution in [0.1, 0.15) is 5.56 Å². The Bertz CT molecular complexity index is 1010. The van der Waals surface area contributed by atoms with Crippen LogP contribution in [0.25, 0.3) is 10.9 Å². The lowest BCUT2D eigenvalue weighted by Gasteiger charge is -2.20. The normalized spacial score (nSPS) is 11.6. The number of sulfone groups is 1. The van der Waals surface area contributed by atoms with Gasteiger partial charge in [0.2, 0.25) is 0 Å². The highest BCUT2D eigenvalue weighted by Gasteiger charge is 2.13. The molecule has 0 aliphatic rings. The van der Waals surface area contributed by atoms with Gasteiger partial charge in [-0.2, -0.15) is 0 Å². The van der Waals surface area contributed by atoms with Crippen LogP contribution >= 0.6 is 11.6 Å². The van der Waals surface area contributed by atoms with E-state index in [0.29, 0.717) is 28.3 Å². The van der Waals surface area contributed by atoms with Crippen LogP contribution in [-0.4, -0.2) is 31.7 Å². The summed E-state index contributed by atoms with van der Waals surface area (Å²) in [5, 5.41) is 1.37. The molecule has 124 valence electrons. The molecule has 1 heterocycles. The highest BCUT2D eigenvalue weighted by Crippen LogP contribution is 2.26. The third kappa shape index (κ3) is 3.49. The minimum absolute atomic E-state index is 0.252. The van der Waals surface area contributed by atoms with Crippen molar-refractivity contribution >= 4 is 38.2 Å². The molecular formula is C17H16ClN3O2S. The number of benzene rings is 2. The molecular weight excluding hydrogens is 346 g/mol. The average molecular weight is 362 g/mol. The predicted octanol–water partition coefficient (Wildman–Crippen LogP) is 3.32. The molecule has 0 fully saturated rings. The molecule has 1 aromatic heterocycles. The lowest BCUT2D eigenvalue weighted by molar-refractivity contribution is 0.602. The van der Waals surface area contributed by atoms with Gasteiger partial charge < -0.3 is 4.90 Å². The van der Waals surface area contributed by atoms with Gasteiger partial charge in [-0.05, 0) is 35.9 Å². The van der Waals surface area contributed by atoms with Gasteiger partial charge in [0.15, 0.2) is 9.84 Å². The summed E-state index contributed by atoms with van der Waals surface area (Å²) in [7, 11) is -1.39. The third-order valence-corrected chi connectivity index (χ3v) is 5.03. The van der Waals surface area contributed by atoms with Crippen LogP contribution in [0.4, 0.5) is 5.82 Å². The second-order valence-corrected chi connectivity index (χ2v) is 8.09. The largest absolute Gasteiger partial charge is 0.355 e. The van der Waals surface area contributed by atoms with Crippen molar-refractivity contribution in [3.8, 4) is 0 Å². The molecule has 2 aromatic carbocycles. The van der Waals surface area contributed by atoms with Crippen molar-refractivity contribution in [2.75, 3.05) is 18.2 Å². The van der Waals surface area contributed by atoms with E-state index >= 15 is 0 Å². The van der Waals surface area contributed by atoms with Gasteiger partial charge in [-0.25, -0.2) is 18.4 Å². The number of nitrogens with zero attached hydrogens (tertiary/aromatic N) is 3. The van der Waals surface area contributed by atoms with Crippen LogP contribution in [0.3, 0.4) is 0 Å². The first-order chi connectivity index (χ1) is 11.3. The summed E-state index contributed by atoms with van der Waals surface area (Å²) < 4.78 is 23.6. The van der Waals surface area contributed by atoms with Gasteiger partial charge in [-0.1, -0.05) is 23.7 Å². The van der Waals surface area contributed by atoms with Gasteiger partial charge in [0, 0.05) is 30.3 Å². The molecule has 0 saturated carbocycles. The van der Waals surface area contributed by atoms with E-state index in [-0.39, 0.29) is 4.90 Å². The van der Waals surface area contributed by atoms with Crippen molar-refractivity contribution in [3.05, 3.63) is 59.4 Å². The van der Waals surface area contributed by atoms with Crippen LogP contribution < -0.4 is 4.90 Å². The Morgan fingerprint density at radius 2 is 1.92 bits per heavy atom. The van der Waals surface area contributed by atoms with Crippen LogP contribution in [0.5, 0.6) is 0 Å². The Hall–Kier alpha value is -2.18. The van der Waals surface area contributed by atoms with Crippen molar-refractivity contribution in [2.45, 2.75) is 11.4 Å². The minimum atomic E-state index is -3.29. The van der Waals surface area contributed by atoms with Crippen LogP contribution in [-0.2, 0) is 16.4 Å². The minimum Gasteiger partial charge on any atom is -0.355 e. The first kappa shape index (κ1) is 16.7. The van der Waals surface area contributed by atoms with Crippen molar-refractivity contribution in [3.63, 3.8) is 0 Å². The lowest BCUT2D eigenvalue weighted by atomic mass is 10.2. The Labute approximate surface area is 145 Å². The topological polar surface area (TPSA) is 63.2 Å². The van der Waals surface area contributed by atoms with E-state index < -0.39 is 9.84 Å². The molecule has 0 saturated heterocycles. The number of rotatable bonds is 4. The van der Waals surface area contributed by atoms with Gasteiger partial charge in [-0.15, -0.1) is 0 Å². The summed E-state index contributed by atoms with van der Waals surface area (Å²) in [6.45, 7) is 0.593. The number of hydrogen-bond donors (Lipinski definition) is 0. The summed E-state index contributed by atoms with van der Waals surface area (Å²) >= 11 is 6.03. The quantitative estimate of drug-likeness (QED) is 0.713. The zero-order chi connectivity index (χ0) is 17.3.